The maximum absolute atomic E-state index is 9.14. The topological polar surface area (TPSA) is 20.2 Å². The lowest BCUT2D eigenvalue weighted by molar-refractivity contribution is 0.185. The summed E-state index contributed by atoms with van der Waals surface area (Å²) in [6, 6.07) is 0. The van der Waals surface area contributed by atoms with Crippen molar-refractivity contribution in [2.24, 2.45) is 11.8 Å². The van der Waals surface area contributed by atoms with Gasteiger partial charge in [0.1, 0.15) is 0 Å². The molecule has 1 heterocycles. The molecule has 1 rings (SSSR count). The molecule has 0 bridgehead atoms. The molecule has 1 aliphatic heterocycles. The van der Waals surface area contributed by atoms with Crippen LogP contribution in [0.25, 0.3) is 0 Å². The predicted molar refractivity (Wildman–Crippen MR) is 50.9 cm³/mol. The Morgan fingerprint density at radius 1 is 1.55 bits per heavy atom. The van der Waals surface area contributed by atoms with E-state index < -0.39 is 0 Å². The quantitative estimate of drug-likeness (QED) is 0.707. The average Bonchev–Trinajstić information content (AvgIpc) is 2.40. The van der Waals surface area contributed by atoms with Crippen LogP contribution < -0.4 is 0 Å². The lowest BCUT2D eigenvalue weighted by atomic mass is 9.91. The van der Waals surface area contributed by atoms with Crippen LogP contribution in [0.1, 0.15) is 26.7 Å². The van der Waals surface area contributed by atoms with Gasteiger partial charge in [-0.05, 0) is 30.4 Å². The van der Waals surface area contributed by atoms with E-state index in [9.17, 15) is 0 Å². The SMILES string of the molecule is CC(C)C(CO)C1CCCS1. The average molecular weight is 174 g/mol. The predicted octanol–water partition coefficient (Wildman–Crippen LogP) is 2.15. The van der Waals surface area contributed by atoms with E-state index in [-0.39, 0.29) is 0 Å². The Balaban J connectivity index is 2.40. The molecule has 0 aromatic carbocycles. The zero-order valence-corrected chi connectivity index (χ0v) is 8.23. The first kappa shape index (κ1) is 9.40. The van der Waals surface area contributed by atoms with E-state index in [1.807, 2.05) is 11.8 Å². The third kappa shape index (κ3) is 2.38. The van der Waals surface area contributed by atoms with Gasteiger partial charge in [0.15, 0.2) is 0 Å². The highest BCUT2D eigenvalue weighted by atomic mass is 32.2. The van der Waals surface area contributed by atoms with Crippen molar-refractivity contribution in [3.05, 3.63) is 0 Å². The molecule has 1 saturated heterocycles. The number of thioether (sulfide) groups is 1. The molecule has 66 valence electrons. The van der Waals surface area contributed by atoms with Crippen molar-refractivity contribution in [2.45, 2.75) is 31.9 Å². The van der Waals surface area contributed by atoms with Gasteiger partial charge in [-0.1, -0.05) is 13.8 Å². The first-order valence-electron chi connectivity index (χ1n) is 4.48. The van der Waals surface area contributed by atoms with E-state index in [0.717, 1.165) is 5.25 Å². The van der Waals surface area contributed by atoms with Crippen LogP contribution in [0.15, 0.2) is 0 Å². The maximum Gasteiger partial charge on any atom is 0.0472 e. The van der Waals surface area contributed by atoms with Crippen molar-refractivity contribution in [3.63, 3.8) is 0 Å². The van der Waals surface area contributed by atoms with Gasteiger partial charge in [-0.3, -0.25) is 0 Å². The van der Waals surface area contributed by atoms with Gasteiger partial charge in [0, 0.05) is 11.9 Å². The van der Waals surface area contributed by atoms with E-state index in [4.69, 9.17) is 5.11 Å². The van der Waals surface area contributed by atoms with Crippen LogP contribution in [0.4, 0.5) is 0 Å². The van der Waals surface area contributed by atoms with Crippen molar-refractivity contribution in [3.8, 4) is 0 Å². The van der Waals surface area contributed by atoms with Gasteiger partial charge in [0.05, 0.1) is 0 Å². The van der Waals surface area contributed by atoms with Gasteiger partial charge in [-0.25, -0.2) is 0 Å². The molecule has 0 saturated carbocycles. The third-order valence-corrected chi connectivity index (χ3v) is 4.05. The minimum Gasteiger partial charge on any atom is -0.396 e. The largest absolute Gasteiger partial charge is 0.396 e. The minimum atomic E-state index is 0.370. The summed E-state index contributed by atoms with van der Waals surface area (Å²) in [5.41, 5.74) is 0. The van der Waals surface area contributed by atoms with Crippen LogP contribution in [0.5, 0.6) is 0 Å². The van der Waals surface area contributed by atoms with Crippen LogP contribution >= 0.6 is 11.8 Å². The molecule has 2 unspecified atom stereocenters. The second-order valence-corrected chi connectivity index (χ2v) is 4.99. The highest BCUT2D eigenvalue weighted by molar-refractivity contribution is 8.00. The summed E-state index contributed by atoms with van der Waals surface area (Å²) in [7, 11) is 0. The summed E-state index contributed by atoms with van der Waals surface area (Å²) in [6.45, 7) is 4.79. The zero-order chi connectivity index (χ0) is 8.27. The van der Waals surface area contributed by atoms with Crippen molar-refractivity contribution in [2.75, 3.05) is 12.4 Å². The van der Waals surface area contributed by atoms with Crippen molar-refractivity contribution < 1.29 is 5.11 Å². The maximum atomic E-state index is 9.14. The summed E-state index contributed by atoms with van der Waals surface area (Å²) >= 11 is 2.04. The van der Waals surface area contributed by atoms with Crippen LogP contribution in [-0.4, -0.2) is 22.7 Å². The van der Waals surface area contributed by atoms with E-state index in [1.54, 1.807) is 0 Å². The lowest BCUT2D eigenvalue weighted by Crippen LogP contribution is -2.24. The molecule has 1 nitrogen and oxygen atoms in total. The molecular formula is C9H18OS. The van der Waals surface area contributed by atoms with Crippen molar-refractivity contribution >= 4 is 11.8 Å². The van der Waals surface area contributed by atoms with E-state index >= 15 is 0 Å². The molecule has 0 radical (unpaired) electrons. The molecule has 0 amide bonds. The highest BCUT2D eigenvalue weighted by Crippen LogP contribution is 2.35. The standard InChI is InChI=1S/C9H18OS/c1-7(2)8(6-10)9-4-3-5-11-9/h7-10H,3-6H2,1-2H3. The monoisotopic (exact) mass is 174 g/mol. The summed E-state index contributed by atoms with van der Waals surface area (Å²) < 4.78 is 0. The molecule has 2 heteroatoms. The molecule has 0 aromatic heterocycles. The fraction of sp³-hybridized carbons (Fsp3) is 1.00. The molecule has 2 atom stereocenters. The first-order chi connectivity index (χ1) is 5.25. The summed E-state index contributed by atoms with van der Waals surface area (Å²) in [6.07, 6.45) is 2.66. The molecule has 0 aliphatic carbocycles. The fourth-order valence-corrected chi connectivity index (χ4v) is 3.31. The molecule has 11 heavy (non-hydrogen) atoms. The van der Waals surface area contributed by atoms with Gasteiger partial charge >= 0.3 is 0 Å². The minimum absolute atomic E-state index is 0.370. The Labute approximate surface area is 73.6 Å². The molecular weight excluding hydrogens is 156 g/mol. The highest BCUT2D eigenvalue weighted by Gasteiger charge is 2.26. The Hall–Kier alpha value is 0.310. The molecule has 0 aromatic rings. The van der Waals surface area contributed by atoms with Crippen molar-refractivity contribution in [1.29, 1.82) is 0 Å². The van der Waals surface area contributed by atoms with Gasteiger partial charge < -0.3 is 5.11 Å². The fourth-order valence-electron chi connectivity index (χ4n) is 1.70. The molecule has 1 fully saturated rings. The Bertz CT molecular complexity index is 108. The van der Waals surface area contributed by atoms with Gasteiger partial charge in [0.2, 0.25) is 0 Å². The second-order valence-electron chi connectivity index (χ2n) is 3.64. The van der Waals surface area contributed by atoms with E-state index in [1.165, 1.54) is 18.6 Å². The number of hydrogen-bond acceptors (Lipinski definition) is 2. The van der Waals surface area contributed by atoms with Gasteiger partial charge in [-0.2, -0.15) is 11.8 Å². The Morgan fingerprint density at radius 2 is 2.27 bits per heavy atom. The second kappa shape index (κ2) is 4.36. The molecule has 1 aliphatic rings. The Kier molecular flexibility index (Phi) is 3.73. The normalized spacial score (nSPS) is 27.8. The molecule has 0 spiro atoms. The first-order valence-corrected chi connectivity index (χ1v) is 5.53. The third-order valence-electron chi connectivity index (χ3n) is 2.51. The number of aliphatic hydroxyl groups is 1. The zero-order valence-electron chi connectivity index (χ0n) is 7.42. The summed E-state index contributed by atoms with van der Waals surface area (Å²) in [5, 5.41) is 9.88. The number of aliphatic hydroxyl groups excluding tert-OH is 1. The van der Waals surface area contributed by atoms with Gasteiger partial charge in [-0.15, -0.1) is 0 Å². The smallest absolute Gasteiger partial charge is 0.0472 e. The van der Waals surface area contributed by atoms with Crippen LogP contribution in [0.3, 0.4) is 0 Å². The van der Waals surface area contributed by atoms with Gasteiger partial charge in [0.25, 0.3) is 0 Å². The van der Waals surface area contributed by atoms with E-state index in [0.29, 0.717) is 18.4 Å². The molecule has 1 N–H and O–H groups in total. The summed E-state index contributed by atoms with van der Waals surface area (Å²) in [5.74, 6) is 2.46. The van der Waals surface area contributed by atoms with Crippen LogP contribution in [-0.2, 0) is 0 Å². The number of hydrogen-bond donors (Lipinski definition) is 1. The van der Waals surface area contributed by atoms with E-state index in [2.05, 4.69) is 13.8 Å². The lowest BCUT2D eigenvalue weighted by Gasteiger charge is -2.23. The van der Waals surface area contributed by atoms with Crippen LogP contribution in [0, 0.1) is 11.8 Å². The summed E-state index contributed by atoms with van der Waals surface area (Å²) in [4.78, 5) is 0. The van der Waals surface area contributed by atoms with Crippen LogP contribution in [0.2, 0.25) is 0 Å². The van der Waals surface area contributed by atoms with Crippen molar-refractivity contribution in [1.82, 2.24) is 0 Å². The Morgan fingerprint density at radius 3 is 2.64 bits per heavy atom. The number of rotatable bonds is 3.